The summed E-state index contributed by atoms with van der Waals surface area (Å²) < 4.78 is 7.20. The van der Waals surface area contributed by atoms with Gasteiger partial charge in [0.15, 0.2) is 0 Å². The molecule has 0 radical (unpaired) electrons. The predicted molar refractivity (Wildman–Crippen MR) is 155 cm³/mol. The fourth-order valence-electron chi connectivity index (χ4n) is 6.54. The first kappa shape index (κ1) is 30.5. The van der Waals surface area contributed by atoms with Crippen LogP contribution in [0.5, 0.6) is 0 Å². The van der Waals surface area contributed by atoms with Crippen molar-refractivity contribution in [2.45, 2.75) is 56.4 Å². The molecular weight excluding hydrogens is 610 g/mol. The Morgan fingerprint density at radius 1 is 1.20 bits per heavy atom. The summed E-state index contributed by atoms with van der Waals surface area (Å²) >= 11 is 1.24. The average molecular weight is 642 g/mol. The molecule has 5 heterocycles. The van der Waals surface area contributed by atoms with Gasteiger partial charge in [-0.2, -0.15) is 5.10 Å². The van der Waals surface area contributed by atoms with Crippen LogP contribution >= 0.6 is 11.8 Å². The fraction of sp³-hybridized carbons (Fsp3) is 0.500. The number of rotatable bonds is 9. The van der Waals surface area contributed by atoms with E-state index in [-0.39, 0.29) is 54.1 Å². The molecule has 3 fully saturated rings. The molecule has 0 saturated carbocycles. The lowest BCUT2D eigenvalue weighted by molar-refractivity contribution is -0.384. The maximum Gasteiger partial charge on any atom is 0.410 e. The number of fused-ring (bicyclic) bond motifs is 1. The van der Waals surface area contributed by atoms with E-state index in [1.54, 1.807) is 15.9 Å². The summed E-state index contributed by atoms with van der Waals surface area (Å²) in [6, 6.07) is 4.17. The number of aliphatic hydroxyl groups is 1. The number of aliphatic hydroxyl groups excluding tert-OH is 1. The molecule has 16 nitrogen and oxygen atoms in total. The third-order valence-corrected chi connectivity index (χ3v) is 10.4. The molecule has 1 aromatic heterocycles. The number of β-lactam (4-membered cyclic amide) rings is 1. The molecule has 3 amide bonds. The Balaban J connectivity index is 1.19. The first-order valence-electron chi connectivity index (χ1n) is 14.4. The summed E-state index contributed by atoms with van der Waals surface area (Å²) in [6.07, 6.45) is 1.53. The molecule has 2 N–H and O–H groups in total. The number of hydrogen-bond acceptors (Lipinski definition) is 11. The van der Waals surface area contributed by atoms with Crippen molar-refractivity contribution in [3.63, 3.8) is 0 Å². The monoisotopic (exact) mass is 641 g/mol. The van der Waals surface area contributed by atoms with Crippen LogP contribution in [0, 0.1) is 22.0 Å². The van der Waals surface area contributed by atoms with Crippen LogP contribution < -0.4 is 0 Å². The molecule has 0 aliphatic carbocycles. The van der Waals surface area contributed by atoms with Crippen LogP contribution in [0.3, 0.4) is 0 Å². The van der Waals surface area contributed by atoms with Crippen LogP contribution in [0.2, 0.25) is 0 Å². The number of aliphatic carboxylic acids is 1. The van der Waals surface area contributed by atoms with Gasteiger partial charge in [-0.25, -0.2) is 19.3 Å². The average Bonchev–Trinajstić information content (AvgIpc) is 3.70. The van der Waals surface area contributed by atoms with Crippen molar-refractivity contribution in [1.29, 1.82) is 0 Å². The number of hydrogen-bond donors (Lipinski definition) is 2. The normalized spacial score (nSPS) is 26.8. The van der Waals surface area contributed by atoms with E-state index >= 15 is 0 Å². The van der Waals surface area contributed by atoms with E-state index in [4.69, 9.17) is 4.74 Å². The number of ether oxygens (including phenoxy) is 1. The van der Waals surface area contributed by atoms with Crippen LogP contribution in [0.4, 0.5) is 10.5 Å². The third-order valence-electron chi connectivity index (χ3n) is 8.88. The Morgan fingerprint density at radius 2 is 1.91 bits per heavy atom. The van der Waals surface area contributed by atoms with Gasteiger partial charge in [-0.05, 0) is 31.0 Å². The second-order valence-electron chi connectivity index (χ2n) is 11.7. The molecule has 6 atom stereocenters. The molecule has 1 aromatic carbocycles. The van der Waals surface area contributed by atoms with E-state index in [1.807, 2.05) is 6.92 Å². The van der Waals surface area contributed by atoms with Gasteiger partial charge in [0.25, 0.3) is 5.69 Å². The first-order valence-corrected chi connectivity index (χ1v) is 15.3. The number of carboxylic acid groups (broad SMARTS) is 1. The molecule has 17 heteroatoms. The van der Waals surface area contributed by atoms with Gasteiger partial charge in [-0.15, -0.1) is 11.8 Å². The summed E-state index contributed by atoms with van der Waals surface area (Å²) in [7, 11) is 0. The van der Waals surface area contributed by atoms with Gasteiger partial charge in [-0.3, -0.25) is 24.6 Å². The van der Waals surface area contributed by atoms with E-state index in [9.17, 15) is 39.5 Å². The molecule has 2 aromatic rings. The molecule has 4 aliphatic rings. The van der Waals surface area contributed by atoms with Crippen molar-refractivity contribution in [3.8, 4) is 0 Å². The Morgan fingerprint density at radius 3 is 2.51 bits per heavy atom. The van der Waals surface area contributed by atoms with Crippen molar-refractivity contribution in [3.05, 3.63) is 63.2 Å². The predicted octanol–water partition coefficient (Wildman–Crippen LogP) is 1.24. The third kappa shape index (κ3) is 5.39. The van der Waals surface area contributed by atoms with Crippen LogP contribution in [0.1, 0.15) is 31.9 Å². The van der Waals surface area contributed by atoms with Crippen molar-refractivity contribution >= 4 is 41.3 Å². The van der Waals surface area contributed by atoms with Gasteiger partial charge in [0.05, 0.1) is 29.0 Å². The lowest BCUT2D eigenvalue weighted by Crippen LogP contribution is -2.63. The molecule has 4 aliphatic heterocycles. The van der Waals surface area contributed by atoms with Gasteiger partial charge < -0.3 is 24.7 Å². The molecule has 238 valence electrons. The quantitative estimate of drug-likeness (QED) is 0.226. The number of thioether (sulfide) groups is 1. The highest BCUT2D eigenvalue weighted by molar-refractivity contribution is 8.03. The highest BCUT2D eigenvalue weighted by atomic mass is 32.2. The number of aromatic nitrogens is 3. The SMILES string of the molecule is C[C@@H](O)[C@H]1C(=O)N2C(C(=O)O)=C(S[C@H]3C[C@@H](C(=O)N4CC(n5cncn5)C4)N(C(=O)OCc4ccc([N+](=O)[O-])cc4)C3)[C@H](C)[C@H]12. The topological polar surface area (TPSA) is 202 Å². The number of nitrogens with zero attached hydrogens (tertiary/aromatic N) is 7. The zero-order valence-electron chi connectivity index (χ0n) is 24.3. The van der Waals surface area contributed by atoms with E-state index < -0.39 is 47.0 Å². The van der Waals surface area contributed by atoms with Crippen molar-refractivity contribution in [2.24, 2.45) is 11.8 Å². The minimum absolute atomic E-state index is 0.0443. The molecule has 6 rings (SSSR count). The first-order chi connectivity index (χ1) is 21.5. The zero-order chi connectivity index (χ0) is 32.2. The summed E-state index contributed by atoms with van der Waals surface area (Å²) in [4.78, 5) is 71.2. The molecule has 0 unspecified atom stereocenters. The van der Waals surface area contributed by atoms with Gasteiger partial charge in [-0.1, -0.05) is 6.92 Å². The second-order valence-corrected chi connectivity index (χ2v) is 13.0. The maximum absolute atomic E-state index is 13.7. The lowest BCUT2D eigenvalue weighted by Gasteiger charge is -2.46. The number of amides is 3. The largest absolute Gasteiger partial charge is 0.477 e. The van der Waals surface area contributed by atoms with Crippen LogP contribution in [-0.2, 0) is 25.7 Å². The summed E-state index contributed by atoms with van der Waals surface area (Å²) in [5.74, 6) is -3.05. The number of nitro groups is 1. The fourth-order valence-corrected chi connectivity index (χ4v) is 8.06. The molecule has 45 heavy (non-hydrogen) atoms. The van der Waals surface area contributed by atoms with E-state index in [0.29, 0.717) is 23.6 Å². The van der Waals surface area contributed by atoms with Gasteiger partial charge in [0.1, 0.15) is 31.0 Å². The van der Waals surface area contributed by atoms with Gasteiger partial charge in [0, 0.05) is 47.8 Å². The standard InChI is InChI=1S/C28H31N7O9S/c1-14-22-21(15(2)36)26(38)34(22)23(27(39)40)24(14)45-19-7-20(25(37)31-8-18(9-31)33-13-29-12-30-33)32(10-19)28(41)44-11-16-3-5-17(6-4-16)35(42)43/h3-6,12-15,18-22,36H,7-11H2,1-2H3,(H,39,40)/t14-,15-,19+,20+,21-,22-/m1/s1. The van der Waals surface area contributed by atoms with Crippen molar-refractivity contribution in [1.82, 2.24) is 29.5 Å². The van der Waals surface area contributed by atoms with Crippen molar-refractivity contribution in [2.75, 3.05) is 19.6 Å². The van der Waals surface area contributed by atoms with E-state index in [0.717, 1.165) is 0 Å². The summed E-state index contributed by atoms with van der Waals surface area (Å²) in [5.41, 5.74) is 0.300. The number of benzene rings is 1. The Kier molecular flexibility index (Phi) is 7.98. The highest BCUT2D eigenvalue weighted by Crippen LogP contribution is 2.52. The molecule has 3 saturated heterocycles. The Hall–Kier alpha value is -4.51. The number of nitro benzene ring substituents is 1. The minimum Gasteiger partial charge on any atom is -0.477 e. The van der Waals surface area contributed by atoms with Crippen LogP contribution in [0.25, 0.3) is 0 Å². The Bertz CT molecular complexity index is 1560. The number of likely N-dealkylation sites (tertiary alicyclic amines) is 2. The molecule has 0 spiro atoms. The van der Waals surface area contributed by atoms with Crippen molar-refractivity contribution < 1.29 is 39.1 Å². The smallest absolute Gasteiger partial charge is 0.410 e. The van der Waals surface area contributed by atoms with E-state index in [2.05, 4.69) is 10.1 Å². The summed E-state index contributed by atoms with van der Waals surface area (Å²) in [5, 5.41) is 34.9. The zero-order valence-corrected chi connectivity index (χ0v) is 25.1. The number of non-ortho nitro benzene ring substituents is 1. The van der Waals surface area contributed by atoms with Crippen LogP contribution in [-0.4, -0.2) is 112 Å². The van der Waals surface area contributed by atoms with Gasteiger partial charge >= 0.3 is 12.1 Å². The minimum atomic E-state index is -1.26. The number of carbonyl (C=O) groups is 4. The molecular formula is C28H31N7O9S. The van der Waals surface area contributed by atoms with E-state index in [1.165, 1.54) is 59.1 Å². The Labute approximate surface area is 260 Å². The second kappa shape index (κ2) is 11.8. The highest BCUT2D eigenvalue weighted by Gasteiger charge is 2.60. The van der Waals surface area contributed by atoms with Gasteiger partial charge in [0.2, 0.25) is 11.8 Å². The van der Waals surface area contributed by atoms with Crippen LogP contribution in [0.15, 0.2) is 47.5 Å². The number of carbonyl (C=O) groups excluding carboxylic acids is 3. The summed E-state index contributed by atoms with van der Waals surface area (Å²) in [6.45, 7) is 4.00. The lowest BCUT2D eigenvalue weighted by atomic mass is 9.79. The molecule has 0 bridgehead atoms. The maximum atomic E-state index is 13.7. The number of carboxylic acids is 1.